The molecular formula is C12H11F3N2O2S. The van der Waals surface area contributed by atoms with Gasteiger partial charge in [-0.2, -0.15) is 0 Å². The second kappa shape index (κ2) is 4.49. The minimum atomic E-state index is -2.99. The molecule has 0 radical (unpaired) electrons. The molecule has 1 heterocycles. The molecule has 1 aliphatic carbocycles. The van der Waals surface area contributed by atoms with Crippen molar-refractivity contribution in [3.8, 4) is 5.75 Å². The van der Waals surface area contributed by atoms with Gasteiger partial charge in [-0.25, -0.2) is 18.2 Å². The van der Waals surface area contributed by atoms with Gasteiger partial charge in [0.25, 0.3) is 5.92 Å². The third-order valence-corrected chi connectivity index (χ3v) is 4.02. The molecule has 0 unspecified atom stereocenters. The molecular weight excluding hydrogens is 293 g/mol. The van der Waals surface area contributed by atoms with Gasteiger partial charge in [0.2, 0.25) is 0 Å². The van der Waals surface area contributed by atoms with Crippen molar-refractivity contribution in [3.05, 3.63) is 17.9 Å². The van der Waals surface area contributed by atoms with E-state index in [4.69, 9.17) is 10.5 Å². The van der Waals surface area contributed by atoms with E-state index in [-0.39, 0.29) is 10.9 Å². The van der Waals surface area contributed by atoms with Gasteiger partial charge in [0.15, 0.2) is 16.7 Å². The smallest absolute Gasteiger partial charge is 0.254 e. The normalized spacial score (nSPS) is 25.2. The first-order valence-electron chi connectivity index (χ1n) is 5.92. The summed E-state index contributed by atoms with van der Waals surface area (Å²) in [6, 6.07) is 2.50. The first kappa shape index (κ1) is 13.4. The van der Waals surface area contributed by atoms with Crippen molar-refractivity contribution < 1.29 is 23.0 Å². The largest absolute Gasteiger partial charge is 0.484 e. The predicted molar refractivity (Wildman–Crippen MR) is 68.6 cm³/mol. The van der Waals surface area contributed by atoms with Gasteiger partial charge in [0.1, 0.15) is 6.10 Å². The van der Waals surface area contributed by atoms with Gasteiger partial charge < -0.3 is 15.6 Å². The number of nitrogens with zero attached hydrogens (tertiary/aromatic N) is 1. The second-order valence-corrected chi connectivity index (χ2v) is 5.85. The molecule has 0 aliphatic heterocycles. The monoisotopic (exact) mass is 304 g/mol. The van der Waals surface area contributed by atoms with E-state index in [9.17, 15) is 18.3 Å². The number of aromatic nitrogens is 1. The number of anilines is 1. The van der Waals surface area contributed by atoms with Crippen LogP contribution in [-0.4, -0.2) is 28.2 Å². The van der Waals surface area contributed by atoms with Crippen LogP contribution in [0.2, 0.25) is 0 Å². The molecule has 1 fully saturated rings. The van der Waals surface area contributed by atoms with Gasteiger partial charge in [-0.1, -0.05) is 11.3 Å². The molecule has 0 spiro atoms. The number of hydrogen-bond donors (Lipinski definition) is 2. The standard InChI is InChI=1S/C12H11F3N2O2S/c13-5-1-6-10(20-11(16)17-6)2-8(5)19-9-4-12(14,15)3-7(9)18/h1-2,7,9,18H,3-4H2,(H2,16,17)/t7-,9+/m1/s1. The van der Waals surface area contributed by atoms with Gasteiger partial charge in [-0.3, -0.25) is 0 Å². The molecule has 3 N–H and O–H groups in total. The molecule has 1 aromatic heterocycles. The van der Waals surface area contributed by atoms with Crippen LogP contribution in [0.3, 0.4) is 0 Å². The van der Waals surface area contributed by atoms with Crippen LogP contribution in [-0.2, 0) is 0 Å². The predicted octanol–water partition coefficient (Wildman–Crippen LogP) is 2.56. The van der Waals surface area contributed by atoms with Gasteiger partial charge in [0.05, 0.1) is 22.7 Å². The van der Waals surface area contributed by atoms with Crippen molar-refractivity contribution in [2.75, 3.05) is 5.73 Å². The number of benzene rings is 1. The average Bonchev–Trinajstić information content (AvgIpc) is 2.78. The number of nitrogen functional groups attached to an aromatic ring is 1. The van der Waals surface area contributed by atoms with E-state index in [1.165, 1.54) is 6.07 Å². The Morgan fingerprint density at radius 1 is 1.40 bits per heavy atom. The molecule has 0 amide bonds. The van der Waals surface area contributed by atoms with Crippen LogP contribution in [0.5, 0.6) is 5.75 Å². The minimum Gasteiger partial charge on any atom is -0.484 e. The molecule has 2 aromatic rings. The van der Waals surface area contributed by atoms with Gasteiger partial charge in [-0.05, 0) is 0 Å². The third kappa shape index (κ3) is 2.40. The highest BCUT2D eigenvalue weighted by atomic mass is 32.1. The lowest BCUT2D eigenvalue weighted by Crippen LogP contribution is -2.26. The lowest BCUT2D eigenvalue weighted by molar-refractivity contribution is -0.00491. The minimum absolute atomic E-state index is 0.178. The average molecular weight is 304 g/mol. The van der Waals surface area contributed by atoms with Gasteiger partial charge in [-0.15, -0.1) is 0 Å². The van der Waals surface area contributed by atoms with E-state index in [0.29, 0.717) is 10.2 Å². The number of nitrogens with two attached hydrogens (primary N) is 1. The maximum Gasteiger partial charge on any atom is 0.254 e. The molecule has 2 atom stereocenters. The Hall–Kier alpha value is -1.54. The van der Waals surface area contributed by atoms with E-state index in [2.05, 4.69) is 4.98 Å². The molecule has 1 saturated carbocycles. The lowest BCUT2D eigenvalue weighted by Gasteiger charge is -2.17. The summed E-state index contributed by atoms with van der Waals surface area (Å²) < 4.78 is 45.9. The molecule has 3 rings (SSSR count). The maximum absolute atomic E-state index is 13.8. The number of fused-ring (bicyclic) bond motifs is 1. The molecule has 1 aromatic carbocycles. The fourth-order valence-electron chi connectivity index (χ4n) is 2.27. The number of alkyl halides is 2. The number of halogens is 3. The van der Waals surface area contributed by atoms with E-state index >= 15 is 0 Å². The fraction of sp³-hybridized carbons (Fsp3) is 0.417. The first-order chi connectivity index (χ1) is 9.34. The van der Waals surface area contributed by atoms with E-state index in [0.717, 1.165) is 17.4 Å². The summed E-state index contributed by atoms with van der Waals surface area (Å²) >= 11 is 1.14. The summed E-state index contributed by atoms with van der Waals surface area (Å²) in [5.74, 6) is -3.88. The zero-order valence-corrected chi connectivity index (χ0v) is 11.0. The Morgan fingerprint density at radius 2 is 2.15 bits per heavy atom. The summed E-state index contributed by atoms with van der Waals surface area (Å²) in [5, 5.41) is 9.82. The van der Waals surface area contributed by atoms with Crippen molar-refractivity contribution in [1.82, 2.24) is 4.98 Å². The van der Waals surface area contributed by atoms with Crippen LogP contribution >= 0.6 is 11.3 Å². The van der Waals surface area contributed by atoms with Crippen LogP contribution in [0.1, 0.15) is 12.8 Å². The lowest BCUT2D eigenvalue weighted by atomic mass is 10.2. The number of thiazole rings is 1. The van der Waals surface area contributed by atoms with Crippen LogP contribution in [0, 0.1) is 5.82 Å². The van der Waals surface area contributed by atoms with Crippen LogP contribution in [0.4, 0.5) is 18.3 Å². The number of rotatable bonds is 2. The number of ether oxygens (including phenoxy) is 1. The topological polar surface area (TPSA) is 68.4 Å². The van der Waals surface area contributed by atoms with E-state index in [1.54, 1.807) is 0 Å². The number of hydrogen-bond acceptors (Lipinski definition) is 5. The number of aliphatic hydroxyl groups excluding tert-OH is 1. The molecule has 108 valence electrons. The Morgan fingerprint density at radius 3 is 2.80 bits per heavy atom. The number of aliphatic hydroxyl groups is 1. The Labute approximate surface area is 116 Å². The zero-order valence-electron chi connectivity index (χ0n) is 10.1. The van der Waals surface area contributed by atoms with Crippen molar-refractivity contribution in [3.63, 3.8) is 0 Å². The highest BCUT2D eigenvalue weighted by molar-refractivity contribution is 7.22. The summed E-state index contributed by atoms with van der Waals surface area (Å²) in [6.45, 7) is 0. The molecule has 0 saturated heterocycles. The molecule has 4 nitrogen and oxygen atoms in total. The van der Waals surface area contributed by atoms with Crippen molar-refractivity contribution in [1.29, 1.82) is 0 Å². The van der Waals surface area contributed by atoms with Crippen molar-refractivity contribution in [2.45, 2.75) is 31.0 Å². The quantitative estimate of drug-likeness (QED) is 0.894. The SMILES string of the molecule is Nc1nc2cc(F)c(O[C@H]3CC(F)(F)C[C@H]3O)cc2s1. The Bertz CT molecular complexity index is 661. The molecule has 0 bridgehead atoms. The van der Waals surface area contributed by atoms with E-state index in [1.807, 2.05) is 0 Å². The summed E-state index contributed by atoms with van der Waals surface area (Å²) in [6.07, 6.45) is -3.74. The maximum atomic E-state index is 13.8. The highest BCUT2D eigenvalue weighted by Gasteiger charge is 2.47. The molecule has 20 heavy (non-hydrogen) atoms. The summed E-state index contributed by atoms with van der Waals surface area (Å²) in [4.78, 5) is 3.92. The van der Waals surface area contributed by atoms with E-state index < -0.39 is 36.8 Å². The summed E-state index contributed by atoms with van der Waals surface area (Å²) in [5.41, 5.74) is 5.90. The second-order valence-electron chi connectivity index (χ2n) is 4.79. The third-order valence-electron chi connectivity index (χ3n) is 3.17. The van der Waals surface area contributed by atoms with Gasteiger partial charge in [0, 0.05) is 18.6 Å². The highest BCUT2D eigenvalue weighted by Crippen LogP contribution is 2.38. The summed E-state index contributed by atoms with van der Waals surface area (Å²) in [7, 11) is 0. The van der Waals surface area contributed by atoms with Crippen LogP contribution < -0.4 is 10.5 Å². The van der Waals surface area contributed by atoms with Gasteiger partial charge >= 0.3 is 0 Å². The Kier molecular flexibility index (Phi) is 3.02. The van der Waals surface area contributed by atoms with Crippen molar-refractivity contribution in [2.24, 2.45) is 0 Å². The van der Waals surface area contributed by atoms with Crippen LogP contribution in [0.15, 0.2) is 12.1 Å². The van der Waals surface area contributed by atoms with Crippen molar-refractivity contribution >= 4 is 26.7 Å². The van der Waals surface area contributed by atoms with Crippen LogP contribution in [0.25, 0.3) is 10.2 Å². The first-order valence-corrected chi connectivity index (χ1v) is 6.74. The fourth-order valence-corrected chi connectivity index (χ4v) is 3.02. The Balaban J connectivity index is 1.89. The molecule has 8 heteroatoms. The zero-order chi connectivity index (χ0) is 14.5. The molecule has 1 aliphatic rings.